The maximum atomic E-state index is 11.3. The van der Waals surface area contributed by atoms with E-state index in [1.54, 1.807) is 19.1 Å². The molecule has 0 saturated carbocycles. The van der Waals surface area contributed by atoms with Gasteiger partial charge in [0.15, 0.2) is 0 Å². The van der Waals surface area contributed by atoms with Crippen molar-refractivity contribution in [1.29, 1.82) is 0 Å². The Kier molecular flexibility index (Phi) is 4.65. The normalized spacial score (nSPS) is 11.7. The van der Waals surface area contributed by atoms with Gasteiger partial charge in [0.25, 0.3) is 5.91 Å². The predicted octanol–water partition coefficient (Wildman–Crippen LogP) is 0.426. The first-order valence-corrected chi connectivity index (χ1v) is 5.50. The zero-order valence-corrected chi connectivity index (χ0v) is 10.7. The van der Waals surface area contributed by atoms with Crippen LogP contribution in [-0.4, -0.2) is 37.6 Å². The molecule has 0 bridgehead atoms. The third-order valence-corrected chi connectivity index (χ3v) is 2.59. The summed E-state index contributed by atoms with van der Waals surface area (Å²) in [6.45, 7) is 2.26. The van der Waals surface area contributed by atoms with Crippen LogP contribution in [0, 0.1) is 5.92 Å². The maximum absolute atomic E-state index is 11.3. The Hall–Kier alpha value is -2.11. The molecule has 1 aromatic rings. The van der Waals surface area contributed by atoms with Gasteiger partial charge in [0.05, 0.1) is 13.0 Å². The Balaban J connectivity index is 2.78. The third-order valence-electron chi connectivity index (χ3n) is 2.59. The first kappa shape index (κ1) is 14.0. The summed E-state index contributed by atoms with van der Waals surface area (Å²) in [4.78, 5) is 28.0. The number of ether oxygens (including phenoxy) is 1. The Morgan fingerprint density at radius 3 is 2.78 bits per heavy atom. The molecular formula is C12H17N3O3. The van der Waals surface area contributed by atoms with Crippen molar-refractivity contribution in [3.63, 3.8) is 0 Å². The minimum atomic E-state index is -0.578. The number of primary amides is 1. The summed E-state index contributed by atoms with van der Waals surface area (Å²) in [5.74, 6) is -1.11. The van der Waals surface area contributed by atoms with Gasteiger partial charge in [-0.3, -0.25) is 14.6 Å². The lowest BCUT2D eigenvalue weighted by Gasteiger charge is -2.22. The maximum Gasteiger partial charge on any atom is 0.310 e. The van der Waals surface area contributed by atoms with Crippen molar-refractivity contribution in [3.05, 3.63) is 24.0 Å². The van der Waals surface area contributed by atoms with Crippen LogP contribution < -0.4 is 10.6 Å². The third kappa shape index (κ3) is 3.44. The van der Waals surface area contributed by atoms with Crippen molar-refractivity contribution in [1.82, 2.24) is 4.98 Å². The molecule has 0 aliphatic heterocycles. The van der Waals surface area contributed by atoms with Crippen LogP contribution in [0.15, 0.2) is 18.3 Å². The summed E-state index contributed by atoms with van der Waals surface area (Å²) in [5, 5.41) is 0. The smallest absolute Gasteiger partial charge is 0.310 e. The summed E-state index contributed by atoms with van der Waals surface area (Å²) in [7, 11) is 3.18. The van der Waals surface area contributed by atoms with Gasteiger partial charge in [-0.2, -0.15) is 0 Å². The molecule has 0 aliphatic carbocycles. The number of rotatable bonds is 5. The number of hydrogen-bond donors (Lipinski definition) is 1. The standard InChI is InChI=1S/C12H17N3O3/c1-8(12(17)18-3)7-15(2)9-4-5-14-10(6-9)11(13)16/h4-6,8H,7H2,1-3H3,(H2,13,16). The van der Waals surface area contributed by atoms with Gasteiger partial charge >= 0.3 is 5.97 Å². The van der Waals surface area contributed by atoms with Gasteiger partial charge in [0, 0.05) is 25.5 Å². The second kappa shape index (κ2) is 6.00. The van der Waals surface area contributed by atoms with Crippen LogP contribution in [0.2, 0.25) is 0 Å². The molecule has 6 nitrogen and oxygen atoms in total. The SMILES string of the molecule is COC(=O)C(C)CN(C)c1ccnc(C(N)=O)c1. The molecule has 1 aromatic heterocycles. The van der Waals surface area contributed by atoms with E-state index in [9.17, 15) is 9.59 Å². The molecule has 0 saturated heterocycles. The minimum Gasteiger partial charge on any atom is -0.469 e. The molecule has 1 heterocycles. The Morgan fingerprint density at radius 1 is 1.56 bits per heavy atom. The average Bonchev–Trinajstić information content (AvgIpc) is 2.37. The molecule has 6 heteroatoms. The second-order valence-electron chi connectivity index (χ2n) is 4.07. The van der Waals surface area contributed by atoms with E-state index in [4.69, 9.17) is 5.73 Å². The molecule has 0 spiro atoms. The van der Waals surface area contributed by atoms with E-state index in [0.29, 0.717) is 6.54 Å². The van der Waals surface area contributed by atoms with Crippen LogP contribution in [0.5, 0.6) is 0 Å². The monoisotopic (exact) mass is 251 g/mol. The number of methoxy groups -OCH3 is 1. The number of pyridine rings is 1. The van der Waals surface area contributed by atoms with E-state index in [-0.39, 0.29) is 17.6 Å². The lowest BCUT2D eigenvalue weighted by molar-refractivity contribution is -0.144. The van der Waals surface area contributed by atoms with E-state index in [0.717, 1.165) is 5.69 Å². The first-order valence-electron chi connectivity index (χ1n) is 5.50. The average molecular weight is 251 g/mol. The fourth-order valence-electron chi connectivity index (χ4n) is 1.58. The van der Waals surface area contributed by atoms with Crippen LogP contribution >= 0.6 is 0 Å². The molecule has 0 aliphatic rings. The number of hydrogen-bond acceptors (Lipinski definition) is 5. The number of nitrogens with two attached hydrogens (primary N) is 1. The first-order chi connectivity index (χ1) is 8.45. The van der Waals surface area contributed by atoms with Crippen LogP contribution in [0.1, 0.15) is 17.4 Å². The predicted molar refractivity (Wildman–Crippen MR) is 67.2 cm³/mol. The lowest BCUT2D eigenvalue weighted by Crippen LogP contribution is -2.29. The summed E-state index contributed by atoms with van der Waals surface area (Å²) in [6.07, 6.45) is 1.51. The number of anilines is 1. The summed E-state index contributed by atoms with van der Waals surface area (Å²) in [6, 6.07) is 3.34. The second-order valence-corrected chi connectivity index (χ2v) is 4.07. The fourth-order valence-corrected chi connectivity index (χ4v) is 1.58. The van der Waals surface area contributed by atoms with Gasteiger partial charge < -0.3 is 15.4 Å². The molecule has 98 valence electrons. The molecule has 0 aromatic carbocycles. The van der Waals surface area contributed by atoms with E-state index < -0.39 is 5.91 Å². The quantitative estimate of drug-likeness (QED) is 0.767. The molecule has 0 fully saturated rings. The number of nitrogens with zero attached hydrogens (tertiary/aromatic N) is 2. The van der Waals surface area contributed by atoms with Gasteiger partial charge in [-0.25, -0.2) is 0 Å². The van der Waals surface area contributed by atoms with Crippen molar-refractivity contribution in [2.24, 2.45) is 11.7 Å². The molecule has 1 atom stereocenters. The van der Waals surface area contributed by atoms with Crippen molar-refractivity contribution in [2.45, 2.75) is 6.92 Å². The van der Waals surface area contributed by atoms with E-state index in [1.165, 1.54) is 13.3 Å². The zero-order chi connectivity index (χ0) is 13.7. The summed E-state index contributed by atoms with van der Waals surface area (Å²) in [5.41, 5.74) is 6.13. The fraction of sp³-hybridized carbons (Fsp3) is 0.417. The van der Waals surface area contributed by atoms with Gasteiger partial charge in [-0.05, 0) is 12.1 Å². The molecule has 1 amide bonds. The molecule has 18 heavy (non-hydrogen) atoms. The Bertz CT molecular complexity index is 448. The van der Waals surface area contributed by atoms with Crippen molar-refractivity contribution in [2.75, 3.05) is 25.6 Å². The van der Waals surface area contributed by atoms with Gasteiger partial charge in [-0.15, -0.1) is 0 Å². The number of carbonyl (C=O) groups excluding carboxylic acids is 2. The van der Waals surface area contributed by atoms with Crippen molar-refractivity contribution < 1.29 is 14.3 Å². The molecule has 2 N–H and O–H groups in total. The van der Waals surface area contributed by atoms with Crippen molar-refractivity contribution in [3.8, 4) is 0 Å². The zero-order valence-electron chi connectivity index (χ0n) is 10.7. The van der Waals surface area contributed by atoms with Gasteiger partial charge in [0.2, 0.25) is 0 Å². The highest BCUT2D eigenvalue weighted by Gasteiger charge is 2.16. The largest absolute Gasteiger partial charge is 0.469 e. The Morgan fingerprint density at radius 2 is 2.22 bits per heavy atom. The molecular weight excluding hydrogens is 234 g/mol. The molecule has 1 unspecified atom stereocenters. The highest BCUT2D eigenvalue weighted by molar-refractivity contribution is 5.91. The highest BCUT2D eigenvalue weighted by atomic mass is 16.5. The highest BCUT2D eigenvalue weighted by Crippen LogP contribution is 2.14. The summed E-state index contributed by atoms with van der Waals surface area (Å²) >= 11 is 0. The van der Waals surface area contributed by atoms with Gasteiger partial charge in [0.1, 0.15) is 5.69 Å². The van der Waals surface area contributed by atoms with Crippen LogP contribution in [0.4, 0.5) is 5.69 Å². The van der Waals surface area contributed by atoms with Crippen molar-refractivity contribution >= 4 is 17.6 Å². The number of esters is 1. The minimum absolute atomic E-state index is 0.199. The van der Waals surface area contributed by atoms with Crippen LogP contribution in [0.25, 0.3) is 0 Å². The van der Waals surface area contributed by atoms with E-state index in [1.807, 2.05) is 11.9 Å². The summed E-state index contributed by atoms with van der Waals surface area (Å²) < 4.78 is 4.66. The molecule has 1 rings (SSSR count). The molecule has 0 radical (unpaired) electrons. The number of carbonyl (C=O) groups is 2. The van der Waals surface area contributed by atoms with E-state index in [2.05, 4.69) is 9.72 Å². The van der Waals surface area contributed by atoms with Gasteiger partial charge in [-0.1, -0.05) is 6.92 Å². The van der Waals surface area contributed by atoms with E-state index >= 15 is 0 Å². The lowest BCUT2D eigenvalue weighted by atomic mass is 10.1. The topological polar surface area (TPSA) is 85.5 Å². The van der Waals surface area contributed by atoms with Crippen LogP contribution in [0.3, 0.4) is 0 Å². The Labute approximate surface area is 106 Å². The number of aromatic nitrogens is 1. The van der Waals surface area contributed by atoms with Crippen LogP contribution in [-0.2, 0) is 9.53 Å². The number of amides is 1.